The molecule has 2 N–H and O–H groups in total. The molecule has 3 rings (SSSR count). The van der Waals surface area contributed by atoms with E-state index in [0.29, 0.717) is 18.1 Å². The summed E-state index contributed by atoms with van der Waals surface area (Å²) < 4.78 is 11.4. The van der Waals surface area contributed by atoms with Crippen molar-refractivity contribution in [3.63, 3.8) is 0 Å². The molecule has 0 aliphatic rings. The number of allylic oxidation sites excluding steroid dienone is 1. The van der Waals surface area contributed by atoms with E-state index in [1.807, 2.05) is 54.6 Å². The molecular formula is C26H29NO4. The molecule has 162 valence electrons. The number of furan rings is 1. The molecular weight excluding hydrogens is 390 g/mol. The number of aliphatic hydroxyl groups is 1. The Labute approximate surface area is 183 Å². The minimum absolute atomic E-state index is 0.0985. The summed E-state index contributed by atoms with van der Waals surface area (Å²) >= 11 is 0. The number of para-hydroxylation sites is 1. The van der Waals surface area contributed by atoms with Gasteiger partial charge in [-0.2, -0.15) is 0 Å². The molecule has 0 radical (unpaired) electrons. The Balaban J connectivity index is 1.52. The lowest BCUT2D eigenvalue weighted by atomic mass is 10.00. The third-order valence-corrected chi connectivity index (χ3v) is 5.04. The van der Waals surface area contributed by atoms with E-state index in [1.165, 1.54) is 5.56 Å². The highest BCUT2D eigenvalue weighted by Gasteiger charge is 2.15. The summed E-state index contributed by atoms with van der Waals surface area (Å²) in [4.78, 5) is 12.4. The van der Waals surface area contributed by atoms with Gasteiger partial charge in [0.2, 0.25) is 0 Å². The minimum Gasteiger partial charge on any atom is -0.485 e. The second-order valence-corrected chi connectivity index (χ2v) is 7.70. The maximum atomic E-state index is 12.4. The van der Waals surface area contributed by atoms with Gasteiger partial charge in [0, 0.05) is 6.54 Å². The Bertz CT molecular complexity index is 1000. The number of hydrogen-bond acceptors (Lipinski definition) is 4. The predicted molar refractivity (Wildman–Crippen MR) is 121 cm³/mol. The third kappa shape index (κ3) is 6.09. The maximum Gasteiger partial charge on any atom is 0.287 e. The SMILES string of the molecule is C=CCc1ccccc1OCc1ccc(C(=O)NCC(O)c2ccc(C(C)C)cc2)o1. The van der Waals surface area contributed by atoms with E-state index < -0.39 is 6.10 Å². The number of carbonyl (C=O) groups excluding carboxylic acids is 1. The van der Waals surface area contributed by atoms with Gasteiger partial charge in [0.05, 0.1) is 6.10 Å². The van der Waals surface area contributed by atoms with Crippen LogP contribution in [0.15, 0.2) is 77.7 Å². The van der Waals surface area contributed by atoms with Gasteiger partial charge in [-0.3, -0.25) is 4.79 Å². The Hall–Kier alpha value is -3.31. The maximum absolute atomic E-state index is 12.4. The van der Waals surface area contributed by atoms with Crippen molar-refractivity contribution in [1.29, 1.82) is 0 Å². The molecule has 0 spiro atoms. The van der Waals surface area contributed by atoms with E-state index in [-0.39, 0.29) is 24.8 Å². The fourth-order valence-corrected chi connectivity index (χ4v) is 3.19. The summed E-state index contributed by atoms with van der Waals surface area (Å²) in [5.41, 5.74) is 3.01. The zero-order valence-corrected chi connectivity index (χ0v) is 18.0. The number of hydrogen-bond donors (Lipinski definition) is 2. The lowest BCUT2D eigenvalue weighted by Crippen LogP contribution is -2.28. The van der Waals surface area contributed by atoms with Crippen molar-refractivity contribution in [2.75, 3.05) is 6.54 Å². The van der Waals surface area contributed by atoms with Gasteiger partial charge in [-0.15, -0.1) is 6.58 Å². The summed E-state index contributed by atoms with van der Waals surface area (Å²) in [5.74, 6) is 1.54. The molecule has 0 aliphatic carbocycles. The molecule has 1 atom stereocenters. The zero-order valence-electron chi connectivity index (χ0n) is 18.0. The number of benzene rings is 2. The van der Waals surface area contributed by atoms with Crippen molar-refractivity contribution in [3.8, 4) is 5.75 Å². The normalized spacial score (nSPS) is 11.9. The van der Waals surface area contributed by atoms with Gasteiger partial charge in [-0.05, 0) is 47.2 Å². The smallest absolute Gasteiger partial charge is 0.287 e. The van der Waals surface area contributed by atoms with Crippen LogP contribution >= 0.6 is 0 Å². The van der Waals surface area contributed by atoms with E-state index in [4.69, 9.17) is 9.15 Å². The molecule has 0 fully saturated rings. The van der Waals surface area contributed by atoms with Gasteiger partial charge >= 0.3 is 0 Å². The molecule has 1 unspecified atom stereocenters. The molecule has 0 bridgehead atoms. The summed E-state index contributed by atoms with van der Waals surface area (Å²) in [7, 11) is 0. The molecule has 1 heterocycles. The number of amides is 1. The first-order valence-corrected chi connectivity index (χ1v) is 10.4. The van der Waals surface area contributed by atoms with E-state index in [1.54, 1.807) is 12.1 Å². The van der Waals surface area contributed by atoms with Crippen LogP contribution in [0.4, 0.5) is 0 Å². The fraction of sp³-hybridized carbons (Fsp3) is 0.269. The van der Waals surface area contributed by atoms with Gasteiger partial charge in [-0.25, -0.2) is 0 Å². The molecule has 5 heteroatoms. The van der Waals surface area contributed by atoms with Crippen molar-refractivity contribution < 1.29 is 19.1 Å². The molecule has 0 saturated carbocycles. The van der Waals surface area contributed by atoms with Crippen molar-refractivity contribution >= 4 is 5.91 Å². The van der Waals surface area contributed by atoms with Crippen LogP contribution in [-0.4, -0.2) is 17.6 Å². The van der Waals surface area contributed by atoms with Crippen LogP contribution in [-0.2, 0) is 13.0 Å². The quantitative estimate of drug-likeness (QED) is 0.445. The van der Waals surface area contributed by atoms with E-state index in [0.717, 1.165) is 16.9 Å². The Morgan fingerprint density at radius 2 is 1.81 bits per heavy atom. The van der Waals surface area contributed by atoms with Crippen LogP contribution in [0.25, 0.3) is 0 Å². The highest BCUT2D eigenvalue weighted by atomic mass is 16.5. The second-order valence-electron chi connectivity index (χ2n) is 7.70. The number of carbonyl (C=O) groups is 1. The van der Waals surface area contributed by atoms with Crippen LogP contribution in [0.5, 0.6) is 5.75 Å². The number of nitrogens with one attached hydrogen (secondary N) is 1. The molecule has 1 amide bonds. The minimum atomic E-state index is -0.788. The fourth-order valence-electron chi connectivity index (χ4n) is 3.19. The number of aliphatic hydroxyl groups excluding tert-OH is 1. The first-order chi connectivity index (χ1) is 15.0. The van der Waals surface area contributed by atoms with Crippen molar-refractivity contribution in [2.45, 2.75) is 38.9 Å². The third-order valence-electron chi connectivity index (χ3n) is 5.04. The molecule has 2 aromatic carbocycles. The summed E-state index contributed by atoms with van der Waals surface area (Å²) in [6, 6.07) is 18.8. The highest BCUT2D eigenvalue weighted by Crippen LogP contribution is 2.21. The van der Waals surface area contributed by atoms with Gasteiger partial charge in [0.25, 0.3) is 5.91 Å². The summed E-state index contributed by atoms with van der Waals surface area (Å²) in [5, 5.41) is 13.1. The van der Waals surface area contributed by atoms with Crippen LogP contribution in [0.3, 0.4) is 0 Å². The topological polar surface area (TPSA) is 71.7 Å². The van der Waals surface area contributed by atoms with Gasteiger partial charge in [0.1, 0.15) is 18.1 Å². The van der Waals surface area contributed by atoms with E-state index >= 15 is 0 Å². The van der Waals surface area contributed by atoms with Crippen molar-refractivity contribution in [2.24, 2.45) is 0 Å². The standard InChI is InChI=1S/C26H29NO4/c1-4-7-21-8-5-6-9-24(21)30-17-22-14-15-25(31-22)26(29)27-16-23(28)20-12-10-19(11-13-20)18(2)3/h4-6,8-15,18,23,28H,1,7,16-17H2,2-3H3,(H,27,29). The van der Waals surface area contributed by atoms with Gasteiger partial charge in [0.15, 0.2) is 5.76 Å². The van der Waals surface area contributed by atoms with Crippen molar-refractivity contribution in [1.82, 2.24) is 5.32 Å². The molecule has 31 heavy (non-hydrogen) atoms. The average Bonchev–Trinajstić information content (AvgIpc) is 3.26. The largest absolute Gasteiger partial charge is 0.485 e. The summed E-state index contributed by atoms with van der Waals surface area (Å²) in [6.45, 7) is 8.31. The van der Waals surface area contributed by atoms with Gasteiger partial charge < -0.3 is 19.6 Å². The molecule has 1 aromatic heterocycles. The lowest BCUT2D eigenvalue weighted by molar-refractivity contribution is 0.0885. The predicted octanol–water partition coefficient (Wildman–Crippen LogP) is 5.17. The summed E-state index contributed by atoms with van der Waals surface area (Å²) in [6.07, 6.45) is 1.75. The molecule has 0 aliphatic heterocycles. The lowest BCUT2D eigenvalue weighted by Gasteiger charge is -2.13. The second kappa shape index (κ2) is 10.6. The van der Waals surface area contributed by atoms with E-state index in [9.17, 15) is 9.90 Å². The van der Waals surface area contributed by atoms with Crippen LogP contribution in [0, 0.1) is 0 Å². The number of rotatable bonds is 10. The Kier molecular flexibility index (Phi) is 7.68. The molecule has 5 nitrogen and oxygen atoms in total. The highest BCUT2D eigenvalue weighted by molar-refractivity contribution is 5.91. The number of ether oxygens (including phenoxy) is 1. The van der Waals surface area contributed by atoms with E-state index in [2.05, 4.69) is 25.7 Å². The average molecular weight is 420 g/mol. The van der Waals surface area contributed by atoms with Crippen molar-refractivity contribution in [3.05, 3.63) is 102 Å². The van der Waals surface area contributed by atoms with Crippen LogP contribution < -0.4 is 10.1 Å². The van der Waals surface area contributed by atoms with Gasteiger partial charge in [-0.1, -0.05) is 62.4 Å². The first-order valence-electron chi connectivity index (χ1n) is 10.4. The monoisotopic (exact) mass is 419 g/mol. The Morgan fingerprint density at radius 1 is 1.10 bits per heavy atom. The zero-order chi connectivity index (χ0) is 22.2. The first kappa shape index (κ1) is 22.4. The molecule has 3 aromatic rings. The Morgan fingerprint density at radius 3 is 2.52 bits per heavy atom. The van der Waals surface area contributed by atoms with Crippen LogP contribution in [0.1, 0.15) is 58.9 Å². The van der Waals surface area contributed by atoms with Crippen LogP contribution in [0.2, 0.25) is 0 Å². The molecule has 0 saturated heterocycles.